The van der Waals surface area contributed by atoms with E-state index in [0.717, 1.165) is 99.5 Å². The Hall–Kier alpha value is -8.86. The van der Waals surface area contributed by atoms with Crippen molar-refractivity contribution in [1.29, 1.82) is 0 Å². The van der Waals surface area contributed by atoms with Crippen LogP contribution >= 0.6 is 0 Å². The second kappa shape index (κ2) is 17.4. The van der Waals surface area contributed by atoms with Gasteiger partial charge in [0, 0.05) is 55.4 Å². The first-order valence-electron chi connectivity index (χ1n) is 25.7. The Labute approximate surface area is 432 Å². The number of nitrogens with zero attached hydrogens (tertiary/aromatic N) is 2. The van der Waals surface area contributed by atoms with Gasteiger partial charge in [0.2, 0.25) is 0 Å². The Morgan fingerprint density at radius 2 is 0.662 bits per heavy atom. The average molecular weight is 957 g/mol. The standard InChI is InChI=1S/C70H56N2O2/c1-69(2,3)57-27-15-19-31-61(57)71(59-29-17-13-25-53(59)45-21-9-7-10-22-45)51-35-33-47-41-55-65(43-49(47)39-51)73-63-37-38-64-68(67(55)63)56-42-48-34-36-52(40-50(48)44-66(56)74-64)72(62-32-20-16-28-58(62)70(4,5)6)60-30-18-14-26-54(60)46-23-11-8-12-24-46/h7-44H,1-6H3. The average Bonchev–Trinajstić information content (AvgIpc) is 3.97. The maximum Gasteiger partial charge on any atom is 0.136 e. The van der Waals surface area contributed by atoms with Crippen LogP contribution in [-0.4, -0.2) is 0 Å². The molecule has 2 heterocycles. The van der Waals surface area contributed by atoms with E-state index in [1.165, 1.54) is 33.4 Å². The molecule has 0 aliphatic rings. The zero-order valence-corrected chi connectivity index (χ0v) is 42.7. The lowest BCUT2D eigenvalue weighted by atomic mass is 9.85. The van der Waals surface area contributed by atoms with Gasteiger partial charge in [0.1, 0.15) is 22.3 Å². The Morgan fingerprint density at radius 1 is 0.297 bits per heavy atom. The molecule has 0 saturated carbocycles. The van der Waals surface area contributed by atoms with E-state index in [2.05, 4.69) is 282 Å². The molecule has 0 aliphatic heterocycles. The van der Waals surface area contributed by atoms with Crippen LogP contribution in [0.1, 0.15) is 52.7 Å². The molecule has 0 spiro atoms. The van der Waals surface area contributed by atoms with Crippen LogP contribution in [0, 0.1) is 0 Å². The summed E-state index contributed by atoms with van der Waals surface area (Å²) in [7, 11) is 0. The largest absolute Gasteiger partial charge is 0.456 e. The number of furan rings is 2. The van der Waals surface area contributed by atoms with Gasteiger partial charge >= 0.3 is 0 Å². The Balaban J connectivity index is 0.954. The van der Waals surface area contributed by atoms with Gasteiger partial charge in [0.15, 0.2) is 0 Å². The quantitative estimate of drug-likeness (QED) is 0.152. The molecule has 0 atom stereocenters. The van der Waals surface area contributed by atoms with Crippen molar-refractivity contribution in [1.82, 2.24) is 0 Å². The van der Waals surface area contributed by atoms with E-state index in [1.54, 1.807) is 0 Å². The lowest BCUT2D eigenvalue weighted by Gasteiger charge is -2.33. The minimum atomic E-state index is -0.0960. The predicted molar refractivity (Wildman–Crippen MR) is 314 cm³/mol. The van der Waals surface area contributed by atoms with E-state index in [9.17, 15) is 0 Å². The Morgan fingerprint density at radius 3 is 1.07 bits per heavy atom. The van der Waals surface area contributed by atoms with Gasteiger partial charge in [-0.15, -0.1) is 0 Å². The van der Waals surface area contributed by atoms with Crippen LogP contribution in [0.5, 0.6) is 0 Å². The molecular formula is C70H56N2O2. The third kappa shape index (κ3) is 7.68. The summed E-state index contributed by atoms with van der Waals surface area (Å²) >= 11 is 0. The number of fused-ring (bicyclic) bond motifs is 9. The van der Waals surface area contributed by atoms with Crippen molar-refractivity contribution in [3.8, 4) is 22.3 Å². The van der Waals surface area contributed by atoms with E-state index in [4.69, 9.17) is 8.83 Å². The zero-order valence-electron chi connectivity index (χ0n) is 42.7. The molecule has 0 radical (unpaired) electrons. The van der Waals surface area contributed by atoms with E-state index in [0.29, 0.717) is 0 Å². The molecule has 358 valence electrons. The van der Waals surface area contributed by atoms with Crippen molar-refractivity contribution >= 4 is 99.5 Å². The van der Waals surface area contributed by atoms with E-state index in [-0.39, 0.29) is 10.8 Å². The van der Waals surface area contributed by atoms with Gasteiger partial charge < -0.3 is 18.6 Å². The molecule has 0 saturated heterocycles. The molecule has 0 N–H and O–H groups in total. The normalized spacial score (nSPS) is 12.2. The molecule has 4 heteroatoms. The first-order valence-corrected chi connectivity index (χ1v) is 25.7. The Kier molecular flexibility index (Phi) is 10.6. The fraction of sp³-hybridized carbons (Fsp3) is 0.114. The molecule has 13 rings (SSSR count). The lowest BCUT2D eigenvalue weighted by Crippen LogP contribution is -2.19. The van der Waals surface area contributed by atoms with Crippen molar-refractivity contribution in [2.24, 2.45) is 0 Å². The van der Waals surface area contributed by atoms with Gasteiger partial charge in [-0.05, 0) is 140 Å². The van der Waals surface area contributed by atoms with Crippen LogP contribution < -0.4 is 9.80 Å². The van der Waals surface area contributed by atoms with Gasteiger partial charge in [0.25, 0.3) is 0 Å². The maximum atomic E-state index is 6.83. The maximum absolute atomic E-state index is 6.83. The van der Waals surface area contributed by atoms with Crippen molar-refractivity contribution in [2.45, 2.75) is 52.4 Å². The number of rotatable bonds is 8. The van der Waals surface area contributed by atoms with Gasteiger partial charge in [-0.2, -0.15) is 0 Å². The zero-order chi connectivity index (χ0) is 50.3. The summed E-state index contributed by atoms with van der Waals surface area (Å²) in [6, 6.07) is 83.4. The minimum absolute atomic E-state index is 0.0960. The number of hydrogen-bond acceptors (Lipinski definition) is 4. The Bertz CT molecular complexity index is 4000. The highest BCUT2D eigenvalue weighted by Gasteiger charge is 2.28. The SMILES string of the molecule is CC(C)(C)c1ccccc1N(c1ccc2cc3c(cc2c1)oc1ccc2oc4cc5cc(N(c6ccccc6-c6ccccc6)c6ccccc6C(C)(C)C)ccc5cc4c2c13)c1ccccc1-c1ccccc1. The van der Waals surface area contributed by atoms with Crippen LogP contribution in [0.4, 0.5) is 34.1 Å². The number of anilines is 6. The number of hydrogen-bond donors (Lipinski definition) is 0. The van der Waals surface area contributed by atoms with E-state index >= 15 is 0 Å². The molecule has 0 fully saturated rings. The predicted octanol–water partition coefficient (Wildman–Crippen LogP) is 20.7. The summed E-state index contributed by atoms with van der Waals surface area (Å²) in [6.07, 6.45) is 0. The summed E-state index contributed by atoms with van der Waals surface area (Å²) in [5.74, 6) is 0. The highest BCUT2D eigenvalue weighted by molar-refractivity contribution is 6.28. The molecule has 11 aromatic carbocycles. The molecule has 0 aliphatic carbocycles. The molecular weight excluding hydrogens is 901 g/mol. The second-order valence-corrected chi connectivity index (χ2v) is 21.7. The van der Waals surface area contributed by atoms with Crippen LogP contribution in [0.3, 0.4) is 0 Å². The van der Waals surface area contributed by atoms with Crippen LogP contribution in [-0.2, 0) is 10.8 Å². The highest BCUT2D eigenvalue weighted by Crippen LogP contribution is 2.49. The smallest absolute Gasteiger partial charge is 0.136 e. The number of para-hydroxylation sites is 4. The van der Waals surface area contributed by atoms with Crippen LogP contribution in [0.2, 0.25) is 0 Å². The lowest BCUT2D eigenvalue weighted by molar-refractivity contribution is 0.590. The fourth-order valence-electron chi connectivity index (χ4n) is 11.4. The van der Waals surface area contributed by atoms with Gasteiger partial charge in [-0.3, -0.25) is 0 Å². The summed E-state index contributed by atoms with van der Waals surface area (Å²) in [4.78, 5) is 4.87. The minimum Gasteiger partial charge on any atom is -0.456 e. The summed E-state index contributed by atoms with van der Waals surface area (Å²) in [5, 5.41) is 8.75. The van der Waals surface area contributed by atoms with Gasteiger partial charge in [-0.1, -0.05) is 187 Å². The fourth-order valence-corrected chi connectivity index (χ4v) is 11.4. The van der Waals surface area contributed by atoms with Crippen molar-refractivity contribution in [3.63, 3.8) is 0 Å². The third-order valence-electron chi connectivity index (χ3n) is 14.8. The monoisotopic (exact) mass is 956 g/mol. The summed E-state index contributed by atoms with van der Waals surface area (Å²) < 4.78 is 13.7. The van der Waals surface area contributed by atoms with E-state index in [1.807, 2.05) is 0 Å². The number of benzene rings is 11. The first-order chi connectivity index (χ1) is 36.0. The molecule has 0 bridgehead atoms. The topological polar surface area (TPSA) is 32.8 Å². The molecule has 4 nitrogen and oxygen atoms in total. The van der Waals surface area contributed by atoms with Gasteiger partial charge in [-0.25, -0.2) is 0 Å². The summed E-state index contributed by atoms with van der Waals surface area (Å²) in [6.45, 7) is 13.8. The van der Waals surface area contributed by atoms with Crippen molar-refractivity contribution in [3.05, 3.63) is 242 Å². The van der Waals surface area contributed by atoms with E-state index < -0.39 is 0 Å². The molecule has 2 aromatic heterocycles. The van der Waals surface area contributed by atoms with Crippen molar-refractivity contribution < 1.29 is 8.83 Å². The van der Waals surface area contributed by atoms with Crippen molar-refractivity contribution in [2.75, 3.05) is 9.80 Å². The van der Waals surface area contributed by atoms with Crippen LogP contribution in [0.15, 0.2) is 239 Å². The summed E-state index contributed by atoms with van der Waals surface area (Å²) in [5.41, 5.74) is 17.1. The molecule has 13 aromatic rings. The molecule has 74 heavy (non-hydrogen) atoms. The molecule has 0 amide bonds. The molecule has 0 unspecified atom stereocenters. The van der Waals surface area contributed by atoms with Gasteiger partial charge in [0.05, 0.1) is 11.4 Å². The second-order valence-electron chi connectivity index (χ2n) is 21.7. The van der Waals surface area contributed by atoms with Crippen LogP contribution in [0.25, 0.3) is 87.7 Å². The first kappa shape index (κ1) is 45.0. The highest BCUT2D eigenvalue weighted by atomic mass is 16.3. The third-order valence-corrected chi connectivity index (χ3v) is 14.8.